The summed E-state index contributed by atoms with van der Waals surface area (Å²) in [5.74, 6) is -0.174. The molecular weight excluding hydrogens is 439 g/mol. The quantitative estimate of drug-likeness (QED) is 0.503. The lowest BCUT2D eigenvalue weighted by molar-refractivity contribution is 0.0951. The van der Waals surface area contributed by atoms with Crippen molar-refractivity contribution >= 4 is 11.6 Å². The number of nitrogens with one attached hydrogen (secondary N) is 1. The predicted molar refractivity (Wildman–Crippen MR) is 139 cm³/mol. The Kier molecular flexibility index (Phi) is 7.19. The number of amides is 1. The van der Waals surface area contributed by atoms with Crippen LogP contribution in [0.15, 0.2) is 54.6 Å². The van der Waals surface area contributed by atoms with Gasteiger partial charge in [0.05, 0.1) is 5.69 Å². The van der Waals surface area contributed by atoms with Crippen molar-refractivity contribution in [3.05, 3.63) is 82.9 Å². The van der Waals surface area contributed by atoms with E-state index in [1.807, 2.05) is 24.3 Å². The Bertz CT molecular complexity index is 1160. The highest BCUT2D eigenvalue weighted by atomic mass is 19.1. The summed E-state index contributed by atoms with van der Waals surface area (Å²) in [4.78, 5) is 17.2. The van der Waals surface area contributed by atoms with Crippen LogP contribution in [0.2, 0.25) is 0 Å². The van der Waals surface area contributed by atoms with E-state index in [9.17, 15) is 9.18 Å². The molecule has 3 aromatic rings. The number of aromatic nitrogens is 1. The minimum atomic E-state index is -0.153. The zero-order chi connectivity index (χ0) is 24.2. The van der Waals surface area contributed by atoms with Crippen molar-refractivity contribution in [1.82, 2.24) is 14.8 Å². The van der Waals surface area contributed by atoms with E-state index < -0.39 is 0 Å². The van der Waals surface area contributed by atoms with Crippen LogP contribution < -0.4 is 10.2 Å². The van der Waals surface area contributed by atoms with Crippen LogP contribution in [-0.4, -0.2) is 54.6 Å². The maximum absolute atomic E-state index is 14.0. The molecule has 2 aliphatic rings. The summed E-state index contributed by atoms with van der Waals surface area (Å²) in [5.41, 5.74) is 6.70. The number of carbonyl (C=O) groups excluding carboxylic acids is 1. The molecule has 1 aliphatic carbocycles. The topological polar surface area (TPSA) is 40.5 Å². The average Bonchev–Trinajstić information content (AvgIpc) is 3.23. The second-order valence-corrected chi connectivity index (χ2v) is 9.74. The van der Waals surface area contributed by atoms with Crippen LogP contribution >= 0.6 is 0 Å². The summed E-state index contributed by atoms with van der Waals surface area (Å²) in [6.07, 6.45) is 5.73. The number of carbonyl (C=O) groups is 1. The second-order valence-electron chi connectivity index (χ2n) is 9.74. The van der Waals surface area contributed by atoms with Gasteiger partial charge in [-0.1, -0.05) is 12.1 Å². The number of para-hydroxylation sites is 1. The highest BCUT2D eigenvalue weighted by Gasteiger charge is 2.19. The number of benzene rings is 2. The fraction of sp³-hybridized carbons (Fsp3) is 0.414. The Morgan fingerprint density at radius 2 is 1.71 bits per heavy atom. The van der Waals surface area contributed by atoms with Gasteiger partial charge in [-0.2, -0.15) is 0 Å². The van der Waals surface area contributed by atoms with E-state index in [0.29, 0.717) is 17.8 Å². The molecule has 0 atom stereocenters. The number of halogens is 1. The van der Waals surface area contributed by atoms with Crippen molar-refractivity contribution < 1.29 is 9.18 Å². The monoisotopic (exact) mass is 474 g/mol. The molecule has 0 spiro atoms. The molecule has 5 nitrogen and oxygen atoms in total. The van der Waals surface area contributed by atoms with Crippen molar-refractivity contribution in [3.8, 4) is 5.69 Å². The number of hydrogen-bond donors (Lipinski definition) is 1. The molecule has 6 heteroatoms. The molecule has 1 saturated heterocycles. The van der Waals surface area contributed by atoms with Gasteiger partial charge in [-0.3, -0.25) is 9.69 Å². The lowest BCUT2D eigenvalue weighted by atomic mass is 9.98. The molecule has 1 N–H and O–H groups in total. The smallest absolute Gasteiger partial charge is 0.251 e. The molecule has 0 unspecified atom stereocenters. The van der Waals surface area contributed by atoms with E-state index in [2.05, 4.69) is 44.8 Å². The van der Waals surface area contributed by atoms with Gasteiger partial charge in [-0.15, -0.1) is 0 Å². The van der Waals surface area contributed by atoms with Crippen molar-refractivity contribution in [2.45, 2.75) is 39.0 Å². The van der Waals surface area contributed by atoms with E-state index in [0.717, 1.165) is 51.3 Å². The van der Waals surface area contributed by atoms with Gasteiger partial charge in [0, 0.05) is 55.4 Å². The van der Waals surface area contributed by atoms with Gasteiger partial charge in [0.1, 0.15) is 5.82 Å². The molecular formula is C29H35FN4O. The van der Waals surface area contributed by atoms with E-state index >= 15 is 0 Å². The summed E-state index contributed by atoms with van der Waals surface area (Å²) < 4.78 is 16.4. The number of piperazine rings is 1. The van der Waals surface area contributed by atoms with Gasteiger partial charge in [0.2, 0.25) is 0 Å². The van der Waals surface area contributed by atoms with Crippen molar-refractivity contribution in [3.63, 3.8) is 0 Å². The minimum absolute atomic E-state index is 0.0211. The third-order valence-corrected chi connectivity index (χ3v) is 7.38. The normalized spacial score (nSPS) is 16.2. The molecule has 1 aromatic heterocycles. The van der Waals surface area contributed by atoms with Crippen LogP contribution in [-0.2, 0) is 12.8 Å². The first-order valence-corrected chi connectivity index (χ1v) is 12.9. The van der Waals surface area contributed by atoms with E-state index in [4.69, 9.17) is 0 Å². The zero-order valence-electron chi connectivity index (χ0n) is 20.6. The van der Waals surface area contributed by atoms with Gasteiger partial charge < -0.3 is 14.8 Å². The van der Waals surface area contributed by atoms with Crippen LogP contribution in [0.3, 0.4) is 0 Å². The largest absolute Gasteiger partial charge is 0.367 e. The molecule has 35 heavy (non-hydrogen) atoms. The van der Waals surface area contributed by atoms with E-state index in [1.54, 1.807) is 6.07 Å². The maximum atomic E-state index is 14.0. The van der Waals surface area contributed by atoms with Gasteiger partial charge in [-0.25, -0.2) is 4.39 Å². The zero-order valence-corrected chi connectivity index (χ0v) is 20.6. The lowest BCUT2D eigenvalue weighted by Gasteiger charge is -2.36. The maximum Gasteiger partial charge on any atom is 0.251 e. The summed E-state index contributed by atoms with van der Waals surface area (Å²) >= 11 is 0. The number of rotatable bonds is 7. The summed E-state index contributed by atoms with van der Waals surface area (Å²) in [6, 6.07) is 17.3. The molecule has 2 aromatic carbocycles. The van der Waals surface area contributed by atoms with Crippen molar-refractivity contribution in [1.29, 1.82) is 0 Å². The van der Waals surface area contributed by atoms with Crippen LogP contribution in [0, 0.1) is 12.7 Å². The highest BCUT2D eigenvalue weighted by Crippen LogP contribution is 2.28. The fourth-order valence-corrected chi connectivity index (χ4v) is 5.50. The Balaban J connectivity index is 1.07. The van der Waals surface area contributed by atoms with E-state index in [-0.39, 0.29) is 11.7 Å². The number of anilines is 1. The molecule has 184 valence electrons. The Hall–Kier alpha value is -3.12. The first-order valence-electron chi connectivity index (χ1n) is 12.9. The van der Waals surface area contributed by atoms with Crippen LogP contribution in [0.25, 0.3) is 5.69 Å². The average molecular weight is 475 g/mol. The number of aryl methyl sites for hydroxylation is 2. The second kappa shape index (κ2) is 10.6. The van der Waals surface area contributed by atoms with Gasteiger partial charge in [0.25, 0.3) is 5.91 Å². The molecule has 5 rings (SSSR count). The number of fused-ring (bicyclic) bond motifs is 1. The molecule has 1 fully saturated rings. The van der Waals surface area contributed by atoms with Gasteiger partial charge in [-0.05, 0) is 93.6 Å². The molecule has 0 bridgehead atoms. The van der Waals surface area contributed by atoms with Crippen molar-refractivity contribution in [2.75, 3.05) is 44.2 Å². The molecule has 0 radical (unpaired) electrons. The molecule has 0 saturated carbocycles. The van der Waals surface area contributed by atoms with E-state index in [1.165, 1.54) is 42.3 Å². The Labute approximate surface area is 207 Å². The summed E-state index contributed by atoms with van der Waals surface area (Å²) in [7, 11) is 0. The summed E-state index contributed by atoms with van der Waals surface area (Å²) in [5, 5.41) is 3.06. The van der Waals surface area contributed by atoms with Gasteiger partial charge >= 0.3 is 0 Å². The SMILES string of the molecule is Cc1cc2c(n1-c1ccc(C(=O)NCCCN3CCN(c4ccccc4F)CC3)cc1)CCCC2. The van der Waals surface area contributed by atoms with Gasteiger partial charge in [0.15, 0.2) is 0 Å². The van der Waals surface area contributed by atoms with Crippen LogP contribution in [0.1, 0.15) is 46.6 Å². The first-order chi connectivity index (χ1) is 17.1. The van der Waals surface area contributed by atoms with Crippen LogP contribution in [0.4, 0.5) is 10.1 Å². The number of nitrogens with zero attached hydrogens (tertiary/aromatic N) is 3. The molecule has 2 heterocycles. The third-order valence-electron chi connectivity index (χ3n) is 7.38. The minimum Gasteiger partial charge on any atom is -0.367 e. The Morgan fingerprint density at radius 1 is 0.971 bits per heavy atom. The summed E-state index contributed by atoms with van der Waals surface area (Å²) in [6.45, 7) is 7.21. The lowest BCUT2D eigenvalue weighted by Crippen LogP contribution is -2.47. The fourth-order valence-electron chi connectivity index (χ4n) is 5.50. The standard InChI is InChI=1S/C29H35FN4O/c1-22-21-24-7-2-4-9-27(24)34(22)25-13-11-23(12-14-25)29(35)31-15-6-16-32-17-19-33(20-18-32)28-10-5-3-8-26(28)30/h3,5,8,10-14,21H,2,4,6-7,9,15-20H2,1H3,(H,31,35). The predicted octanol–water partition coefficient (Wildman–Crippen LogP) is 4.75. The van der Waals surface area contributed by atoms with Crippen molar-refractivity contribution in [2.24, 2.45) is 0 Å². The third kappa shape index (κ3) is 5.27. The molecule has 1 aliphatic heterocycles. The first kappa shape index (κ1) is 23.6. The highest BCUT2D eigenvalue weighted by molar-refractivity contribution is 5.94. The number of hydrogen-bond acceptors (Lipinski definition) is 3. The van der Waals surface area contributed by atoms with Crippen LogP contribution in [0.5, 0.6) is 0 Å². The molecule has 1 amide bonds. The Morgan fingerprint density at radius 3 is 2.49 bits per heavy atom.